The van der Waals surface area contributed by atoms with Gasteiger partial charge in [-0.1, -0.05) is 35.9 Å². The molecule has 0 atom stereocenters. The van der Waals surface area contributed by atoms with Crippen LogP contribution in [0.4, 0.5) is 5.69 Å². The van der Waals surface area contributed by atoms with Gasteiger partial charge in [0.05, 0.1) is 4.91 Å². The zero-order valence-electron chi connectivity index (χ0n) is 12.8. The molecule has 5 heteroatoms. The molecule has 3 rings (SSSR count). The number of aromatic hydroxyl groups is 1. The zero-order valence-corrected chi connectivity index (χ0v) is 13.6. The maximum absolute atomic E-state index is 12.1. The third kappa shape index (κ3) is 3.63. The molecule has 2 aromatic carbocycles. The lowest BCUT2D eigenvalue weighted by atomic mass is 10.1. The predicted octanol–water partition coefficient (Wildman–Crippen LogP) is 3.90. The fraction of sp³-hybridized carbons (Fsp3) is 0.111. The van der Waals surface area contributed by atoms with Gasteiger partial charge in [-0.15, -0.1) is 0 Å². The first kappa shape index (κ1) is 15.4. The quantitative estimate of drug-likeness (QED) is 0.824. The van der Waals surface area contributed by atoms with E-state index in [1.807, 2.05) is 50.3 Å². The van der Waals surface area contributed by atoms with E-state index in [1.54, 1.807) is 12.1 Å². The van der Waals surface area contributed by atoms with Gasteiger partial charge in [0.1, 0.15) is 11.4 Å². The van der Waals surface area contributed by atoms with Gasteiger partial charge < -0.3 is 10.4 Å². The standard InChI is InChI=1S/C18H16N2O2S/c1-11-3-6-13(7-4-11)10-16-17(22)20-18(23-16)19-14-9-12(2)5-8-15(14)21/h3-10,21H,1-2H3,(H,19,20,22)/b16-10-. The molecular weight excluding hydrogens is 308 g/mol. The van der Waals surface area contributed by atoms with Gasteiger partial charge >= 0.3 is 0 Å². The fourth-order valence-corrected chi connectivity index (χ4v) is 2.96. The van der Waals surface area contributed by atoms with E-state index in [1.165, 1.54) is 17.3 Å². The lowest BCUT2D eigenvalue weighted by Crippen LogP contribution is -2.19. The van der Waals surface area contributed by atoms with Crippen molar-refractivity contribution in [2.75, 3.05) is 0 Å². The van der Waals surface area contributed by atoms with Gasteiger partial charge in [0.15, 0.2) is 5.17 Å². The highest BCUT2D eigenvalue weighted by Crippen LogP contribution is 2.32. The molecule has 1 aliphatic heterocycles. The summed E-state index contributed by atoms with van der Waals surface area (Å²) in [6.45, 7) is 3.94. The smallest absolute Gasteiger partial charge is 0.264 e. The van der Waals surface area contributed by atoms with Crippen molar-refractivity contribution in [3.05, 3.63) is 64.1 Å². The number of rotatable bonds is 2. The van der Waals surface area contributed by atoms with Crippen LogP contribution >= 0.6 is 11.8 Å². The number of aryl methyl sites for hydroxylation is 2. The van der Waals surface area contributed by atoms with Crippen molar-refractivity contribution >= 4 is 34.6 Å². The minimum atomic E-state index is -0.179. The normalized spacial score (nSPS) is 17.7. The number of hydrogen-bond acceptors (Lipinski definition) is 4. The van der Waals surface area contributed by atoms with Crippen molar-refractivity contribution in [1.29, 1.82) is 0 Å². The lowest BCUT2D eigenvalue weighted by molar-refractivity contribution is -0.115. The second kappa shape index (κ2) is 6.30. The molecule has 1 fully saturated rings. The first-order valence-corrected chi connectivity index (χ1v) is 7.99. The van der Waals surface area contributed by atoms with Crippen LogP contribution in [0.25, 0.3) is 6.08 Å². The van der Waals surface area contributed by atoms with Gasteiger partial charge in [-0.3, -0.25) is 4.79 Å². The molecule has 0 bridgehead atoms. The fourth-order valence-electron chi connectivity index (χ4n) is 2.13. The van der Waals surface area contributed by atoms with E-state index in [0.717, 1.165) is 11.1 Å². The summed E-state index contributed by atoms with van der Waals surface area (Å²) in [7, 11) is 0. The van der Waals surface area contributed by atoms with Crippen molar-refractivity contribution in [3.63, 3.8) is 0 Å². The minimum absolute atomic E-state index is 0.0916. The Kier molecular flexibility index (Phi) is 4.21. The van der Waals surface area contributed by atoms with E-state index in [4.69, 9.17) is 0 Å². The molecule has 0 unspecified atom stereocenters. The van der Waals surface area contributed by atoms with Crippen LogP contribution in [0.2, 0.25) is 0 Å². The van der Waals surface area contributed by atoms with E-state index in [0.29, 0.717) is 15.8 Å². The number of carbonyl (C=O) groups is 1. The Morgan fingerprint density at radius 3 is 2.52 bits per heavy atom. The van der Waals surface area contributed by atoms with Crippen LogP contribution in [0.3, 0.4) is 0 Å². The largest absolute Gasteiger partial charge is 0.506 e. The molecule has 1 heterocycles. The molecule has 116 valence electrons. The molecule has 1 saturated heterocycles. The first-order valence-electron chi connectivity index (χ1n) is 7.17. The van der Waals surface area contributed by atoms with E-state index < -0.39 is 0 Å². The first-order chi connectivity index (χ1) is 11.0. The highest BCUT2D eigenvalue weighted by Gasteiger charge is 2.24. The highest BCUT2D eigenvalue weighted by atomic mass is 32.2. The van der Waals surface area contributed by atoms with Gasteiger partial charge in [0, 0.05) is 0 Å². The SMILES string of the molecule is Cc1ccc(/C=C2\SC(=Nc3cc(C)ccc3O)NC2=O)cc1. The molecule has 23 heavy (non-hydrogen) atoms. The number of aliphatic imine (C=N–C) groups is 1. The average Bonchev–Trinajstić information content (AvgIpc) is 2.85. The van der Waals surface area contributed by atoms with Crippen molar-refractivity contribution in [2.45, 2.75) is 13.8 Å². The van der Waals surface area contributed by atoms with Crippen LogP contribution in [0.5, 0.6) is 5.75 Å². The van der Waals surface area contributed by atoms with Crippen LogP contribution in [-0.2, 0) is 4.79 Å². The predicted molar refractivity (Wildman–Crippen MR) is 94.8 cm³/mol. The Balaban J connectivity index is 1.86. The summed E-state index contributed by atoms with van der Waals surface area (Å²) < 4.78 is 0. The van der Waals surface area contributed by atoms with E-state index in [-0.39, 0.29) is 11.7 Å². The second-order valence-corrected chi connectivity index (χ2v) is 6.42. The van der Waals surface area contributed by atoms with Crippen molar-refractivity contribution in [2.24, 2.45) is 4.99 Å². The molecule has 0 aromatic heterocycles. The number of nitrogens with zero attached hydrogens (tertiary/aromatic N) is 1. The number of carbonyl (C=O) groups excluding carboxylic acids is 1. The topological polar surface area (TPSA) is 61.7 Å². The summed E-state index contributed by atoms with van der Waals surface area (Å²) in [5.41, 5.74) is 3.58. The van der Waals surface area contributed by atoms with Gasteiger partial charge in [0.25, 0.3) is 5.91 Å². The molecule has 0 spiro atoms. The van der Waals surface area contributed by atoms with Gasteiger partial charge in [0.2, 0.25) is 0 Å². The Hall–Kier alpha value is -2.53. The number of amidine groups is 1. The van der Waals surface area contributed by atoms with Gasteiger partial charge in [-0.05, 0) is 54.9 Å². The molecule has 2 aromatic rings. The van der Waals surface area contributed by atoms with Crippen LogP contribution in [0, 0.1) is 13.8 Å². The number of amides is 1. The second-order valence-electron chi connectivity index (χ2n) is 5.38. The molecule has 2 N–H and O–H groups in total. The third-order valence-electron chi connectivity index (χ3n) is 3.38. The average molecular weight is 324 g/mol. The number of phenolic OH excluding ortho intramolecular Hbond substituents is 1. The van der Waals surface area contributed by atoms with Crippen LogP contribution in [0.1, 0.15) is 16.7 Å². The van der Waals surface area contributed by atoms with Gasteiger partial charge in [-0.25, -0.2) is 4.99 Å². The molecule has 0 saturated carbocycles. The molecule has 1 aliphatic rings. The molecule has 1 amide bonds. The monoisotopic (exact) mass is 324 g/mol. The number of nitrogens with one attached hydrogen (secondary N) is 1. The van der Waals surface area contributed by atoms with E-state index in [2.05, 4.69) is 10.3 Å². The van der Waals surface area contributed by atoms with Gasteiger partial charge in [-0.2, -0.15) is 0 Å². The Bertz CT molecular complexity index is 823. The summed E-state index contributed by atoms with van der Waals surface area (Å²) in [5, 5.41) is 13.0. The van der Waals surface area contributed by atoms with Crippen LogP contribution in [-0.4, -0.2) is 16.2 Å². The van der Waals surface area contributed by atoms with Crippen molar-refractivity contribution < 1.29 is 9.90 Å². The molecule has 0 radical (unpaired) electrons. The Morgan fingerprint density at radius 2 is 1.78 bits per heavy atom. The number of benzene rings is 2. The highest BCUT2D eigenvalue weighted by molar-refractivity contribution is 8.18. The van der Waals surface area contributed by atoms with Crippen LogP contribution in [0.15, 0.2) is 52.4 Å². The summed E-state index contributed by atoms with van der Waals surface area (Å²) in [5.74, 6) is -0.0876. The Morgan fingerprint density at radius 1 is 1.09 bits per heavy atom. The minimum Gasteiger partial charge on any atom is -0.506 e. The van der Waals surface area contributed by atoms with Crippen molar-refractivity contribution in [3.8, 4) is 5.75 Å². The molecular formula is C18H16N2O2S. The molecule has 0 aliphatic carbocycles. The maximum atomic E-state index is 12.1. The van der Waals surface area contributed by atoms with Crippen LogP contribution < -0.4 is 5.32 Å². The molecule has 4 nitrogen and oxygen atoms in total. The summed E-state index contributed by atoms with van der Waals surface area (Å²) >= 11 is 1.27. The number of hydrogen-bond donors (Lipinski definition) is 2. The van der Waals surface area contributed by atoms with E-state index in [9.17, 15) is 9.90 Å². The summed E-state index contributed by atoms with van der Waals surface area (Å²) in [6.07, 6.45) is 1.83. The number of thioether (sulfide) groups is 1. The number of phenols is 1. The maximum Gasteiger partial charge on any atom is 0.264 e. The van der Waals surface area contributed by atoms with E-state index >= 15 is 0 Å². The Labute approximate surface area is 139 Å². The third-order valence-corrected chi connectivity index (χ3v) is 4.29. The zero-order chi connectivity index (χ0) is 16.4. The van der Waals surface area contributed by atoms with Crippen molar-refractivity contribution in [1.82, 2.24) is 5.32 Å². The summed E-state index contributed by atoms with van der Waals surface area (Å²) in [4.78, 5) is 17.0. The lowest BCUT2D eigenvalue weighted by Gasteiger charge is -2.01. The summed E-state index contributed by atoms with van der Waals surface area (Å²) in [6, 6.07) is 13.1.